The summed E-state index contributed by atoms with van der Waals surface area (Å²) in [5, 5.41) is 6.33. The molecule has 0 radical (unpaired) electrons. The topological polar surface area (TPSA) is 79.1 Å². The fourth-order valence-corrected chi connectivity index (χ4v) is 2.22. The van der Waals surface area contributed by atoms with E-state index in [2.05, 4.69) is 25.6 Å². The van der Waals surface area contributed by atoms with Gasteiger partial charge in [0.25, 0.3) is 0 Å². The van der Waals surface area contributed by atoms with E-state index in [9.17, 15) is 0 Å². The third-order valence-electron chi connectivity index (χ3n) is 2.31. The van der Waals surface area contributed by atoms with Crippen LogP contribution in [-0.2, 0) is 0 Å². The zero-order valence-electron chi connectivity index (χ0n) is 9.90. The molecule has 0 saturated carbocycles. The monoisotopic (exact) mass is 252 g/mol. The molecular weight excluding hydrogens is 236 g/mol. The van der Waals surface area contributed by atoms with E-state index in [1.54, 1.807) is 11.3 Å². The zero-order valence-corrected chi connectivity index (χ0v) is 10.7. The highest BCUT2D eigenvalue weighted by Crippen LogP contribution is 2.25. The first-order valence-corrected chi connectivity index (χ1v) is 6.19. The zero-order chi connectivity index (χ0) is 12.3. The highest BCUT2D eigenvalue weighted by atomic mass is 32.1. The van der Waals surface area contributed by atoms with Gasteiger partial charge in [-0.2, -0.15) is 4.98 Å². The van der Waals surface area contributed by atoms with Crippen LogP contribution in [0.1, 0.15) is 0 Å². The van der Waals surface area contributed by atoms with Gasteiger partial charge >= 0.3 is 0 Å². The maximum atomic E-state index is 5.35. The van der Waals surface area contributed by atoms with Crippen molar-refractivity contribution in [2.24, 2.45) is 5.84 Å². The molecule has 0 spiro atoms. The smallest absolute Gasteiger partial charge is 0.240 e. The summed E-state index contributed by atoms with van der Waals surface area (Å²) < 4.78 is 0. The van der Waals surface area contributed by atoms with Crippen molar-refractivity contribution in [2.75, 3.05) is 37.9 Å². The average Bonchev–Trinajstić information content (AvgIpc) is 2.76. The molecule has 0 aliphatic heterocycles. The van der Waals surface area contributed by atoms with Crippen LogP contribution in [0.5, 0.6) is 0 Å². The van der Waals surface area contributed by atoms with E-state index >= 15 is 0 Å². The number of fused-ring (bicyclic) bond motifs is 1. The molecule has 2 rings (SSSR count). The van der Waals surface area contributed by atoms with Crippen molar-refractivity contribution in [2.45, 2.75) is 0 Å². The van der Waals surface area contributed by atoms with Crippen molar-refractivity contribution in [3.63, 3.8) is 0 Å². The Morgan fingerprint density at radius 3 is 2.94 bits per heavy atom. The molecule has 0 aliphatic carbocycles. The minimum atomic E-state index is 0.437. The lowest BCUT2D eigenvalue weighted by atomic mass is 10.4. The molecule has 0 fully saturated rings. The number of nitrogens with two attached hydrogens (primary N) is 1. The summed E-state index contributed by atoms with van der Waals surface area (Å²) in [5.41, 5.74) is 2.48. The Hall–Kier alpha value is -1.44. The minimum absolute atomic E-state index is 0.437. The largest absolute Gasteiger partial charge is 0.368 e. The van der Waals surface area contributed by atoms with E-state index in [4.69, 9.17) is 5.84 Å². The summed E-state index contributed by atoms with van der Waals surface area (Å²) in [7, 11) is 4.07. The second-order valence-corrected chi connectivity index (χ2v) is 4.80. The summed E-state index contributed by atoms with van der Waals surface area (Å²) in [5.74, 6) is 6.61. The van der Waals surface area contributed by atoms with E-state index < -0.39 is 0 Å². The SMILES string of the molecule is CN(C)CCNc1nc(NN)nc2sccc12. The summed E-state index contributed by atoms with van der Waals surface area (Å²) >= 11 is 1.57. The van der Waals surface area contributed by atoms with Crippen LogP contribution >= 0.6 is 11.3 Å². The predicted molar refractivity (Wildman–Crippen MR) is 72.3 cm³/mol. The van der Waals surface area contributed by atoms with Gasteiger partial charge in [-0.1, -0.05) is 0 Å². The van der Waals surface area contributed by atoms with E-state index in [0.29, 0.717) is 5.95 Å². The molecule has 0 saturated heterocycles. The molecule has 0 aromatic carbocycles. The lowest BCUT2D eigenvalue weighted by molar-refractivity contribution is 0.425. The number of nitrogens with one attached hydrogen (secondary N) is 2. The highest BCUT2D eigenvalue weighted by Gasteiger charge is 2.07. The minimum Gasteiger partial charge on any atom is -0.368 e. The molecule has 2 aromatic heterocycles. The van der Waals surface area contributed by atoms with Crippen molar-refractivity contribution in [3.8, 4) is 0 Å². The number of likely N-dealkylation sites (N-methyl/N-ethyl adjacent to an activating group) is 1. The van der Waals surface area contributed by atoms with Crippen LogP contribution in [-0.4, -0.2) is 42.1 Å². The fourth-order valence-electron chi connectivity index (χ4n) is 1.45. The van der Waals surface area contributed by atoms with E-state index in [0.717, 1.165) is 29.1 Å². The molecule has 4 N–H and O–H groups in total. The number of hydrazine groups is 1. The lowest BCUT2D eigenvalue weighted by Gasteiger charge is -2.12. The molecule has 92 valence electrons. The van der Waals surface area contributed by atoms with Crippen molar-refractivity contribution in [1.29, 1.82) is 0 Å². The number of rotatable bonds is 5. The van der Waals surface area contributed by atoms with Crippen LogP contribution in [0.25, 0.3) is 10.2 Å². The molecule has 0 bridgehead atoms. The predicted octanol–water partition coefficient (Wildman–Crippen LogP) is 0.950. The first-order chi connectivity index (χ1) is 8.20. The molecule has 0 amide bonds. The highest BCUT2D eigenvalue weighted by molar-refractivity contribution is 7.16. The molecule has 6 nitrogen and oxygen atoms in total. The first kappa shape index (κ1) is 12.0. The van der Waals surface area contributed by atoms with Gasteiger partial charge in [0.1, 0.15) is 10.6 Å². The second kappa shape index (κ2) is 5.26. The Morgan fingerprint density at radius 2 is 2.24 bits per heavy atom. The van der Waals surface area contributed by atoms with Gasteiger partial charge in [0, 0.05) is 13.1 Å². The Bertz CT molecular complexity index is 495. The summed E-state index contributed by atoms with van der Waals surface area (Å²) in [6.45, 7) is 1.78. The van der Waals surface area contributed by atoms with Gasteiger partial charge in [-0.15, -0.1) is 11.3 Å². The lowest BCUT2D eigenvalue weighted by Crippen LogP contribution is -2.21. The molecule has 0 unspecified atom stereocenters. The Balaban J connectivity index is 2.21. The average molecular weight is 252 g/mol. The van der Waals surface area contributed by atoms with Crippen LogP contribution in [0.2, 0.25) is 0 Å². The van der Waals surface area contributed by atoms with E-state index in [-0.39, 0.29) is 0 Å². The molecule has 2 heterocycles. The van der Waals surface area contributed by atoms with Crippen molar-refractivity contribution in [3.05, 3.63) is 11.4 Å². The molecule has 7 heteroatoms. The van der Waals surface area contributed by atoms with Crippen LogP contribution < -0.4 is 16.6 Å². The number of aromatic nitrogens is 2. The Morgan fingerprint density at radius 1 is 1.41 bits per heavy atom. The number of nitrogen functional groups attached to an aromatic ring is 1. The Labute approximate surface area is 104 Å². The maximum Gasteiger partial charge on any atom is 0.240 e. The number of nitrogens with zero attached hydrogens (tertiary/aromatic N) is 3. The normalized spacial score (nSPS) is 11.1. The van der Waals surface area contributed by atoms with Crippen LogP contribution in [0.15, 0.2) is 11.4 Å². The summed E-state index contributed by atoms with van der Waals surface area (Å²) in [6.07, 6.45) is 0. The van der Waals surface area contributed by atoms with Crippen LogP contribution in [0.3, 0.4) is 0 Å². The number of hydrogen-bond acceptors (Lipinski definition) is 7. The molecule has 0 atom stereocenters. The van der Waals surface area contributed by atoms with Gasteiger partial charge in [0.2, 0.25) is 5.95 Å². The van der Waals surface area contributed by atoms with Gasteiger partial charge < -0.3 is 10.2 Å². The number of anilines is 2. The molecule has 2 aromatic rings. The summed E-state index contributed by atoms with van der Waals surface area (Å²) in [4.78, 5) is 11.6. The first-order valence-electron chi connectivity index (χ1n) is 5.31. The van der Waals surface area contributed by atoms with Gasteiger partial charge in [0.15, 0.2) is 0 Å². The molecule has 17 heavy (non-hydrogen) atoms. The quantitative estimate of drug-likeness (QED) is 0.543. The Kier molecular flexibility index (Phi) is 3.72. The number of thiophene rings is 1. The molecular formula is C10H16N6S. The number of hydrogen-bond donors (Lipinski definition) is 3. The van der Waals surface area contributed by atoms with E-state index in [1.165, 1.54) is 0 Å². The summed E-state index contributed by atoms with van der Waals surface area (Å²) in [6, 6.07) is 2.01. The van der Waals surface area contributed by atoms with Crippen molar-refractivity contribution >= 4 is 33.3 Å². The van der Waals surface area contributed by atoms with E-state index in [1.807, 2.05) is 25.5 Å². The molecule has 0 aliphatic rings. The van der Waals surface area contributed by atoms with Crippen molar-refractivity contribution < 1.29 is 0 Å². The van der Waals surface area contributed by atoms with Gasteiger partial charge in [-0.25, -0.2) is 10.8 Å². The third kappa shape index (κ3) is 2.82. The van der Waals surface area contributed by atoms with Gasteiger partial charge in [0.05, 0.1) is 5.39 Å². The van der Waals surface area contributed by atoms with Crippen LogP contribution in [0.4, 0.5) is 11.8 Å². The maximum absolute atomic E-state index is 5.35. The van der Waals surface area contributed by atoms with Gasteiger partial charge in [-0.05, 0) is 25.5 Å². The van der Waals surface area contributed by atoms with Crippen LogP contribution in [0, 0.1) is 0 Å². The fraction of sp³-hybridized carbons (Fsp3) is 0.400. The third-order valence-corrected chi connectivity index (χ3v) is 3.11. The standard InChI is InChI=1S/C10H16N6S/c1-16(2)5-4-12-8-7-3-6-17-9(7)14-10(13-8)15-11/h3,6H,4-5,11H2,1-2H3,(H2,12,13,14,15). The van der Waals surface area contributed by atoms with Gasteiger partial charge in [-0.3, -0.25) is 5.43 Å². The second-order valence-electron chi connectivity index (χ2n) is 3.91. The van der Waals surface area contributed by atoms with Crippen molar-refractivity contribution in [1.82, 2.24) is 14.9 Å².